The Hall–Kier alpha value is -3.22. The van der Waals surface area contributed by atoms with E-state index in [1.807, 2.05) is 29.2 Å². The molecule has 0 bridgehead atoms. The van der Waals surface area contributed by atoms with Crippen LogP contribution in [0.1, 0.15) is 37.7 Å². The molecule has 1 saturated heterocycles. The van der Waals surface area contributed by atoms with Gasteiger partial charge in [-0.2, -0.15) is 4.98 Å². The molecule has 1 aliphatic heterocycles. The molecule has 6 nitrogen and oxygen atoms in total. The van der Waals surface area contributed by atoms with Crippen molar-refractivity contribution in [3.63, 3.8) is 0 Å². The van der Waals surface area contributed by atoms with Crippen molar-refractivity contribution >= 4 is 28.6 Å². The van der Waals surface area contributed by atoms with Crippen molar-refractivity contribution in [2.75, 3.05) is 36.4 Å². The van der Waals surface area contributed by atoms with Crippen molar-refractivity contribution in [3.8, 4) is 0 Å². The summed E-state index contributed by atoms with van der Waals surface area (Å²) in [5.41, 5.74) is 1.86. The highest BCUT2D eigenvalue weighted by Crippen LogP contribution is 2.27. The summed E-state index contributed by atoms with van der Waals surface area (Å²) in [5.74, 6) is 1.75. The van der Waals surface area contributed by atoms with Crippen LogP contribution in [0.2, 0.25) is 0 Å². The number of para-hydroxylation sites is 1. The molecule has 1 saturated carbocycles. The van der Waals surface area contributed by atoms with E-state index < -0.39 is 0 Å². The van der Waals surface area contributed by atoms with Crippen LogP contribution < -0.4 is 10.2 Å². The average molecular weight is 448 g/mol. The Morgan fingerprint density at radius 1 is 0.939 bits per heavy atom. The number of benzene rings is 2. The van der Waals surface area contributed by atoms with Gasteiger partial charge < -0.3 is 15.1 Å². The van der Waals surface area contributed by atoms with E-state index in [9.17, 15) is 9.18 Å². The van der Waals surface area contributed by atoms with Gasteiger partial charge in [0.2, 0.25) is 11.9 Å². The Labute approximate surface area is 193 Å². The van der Waals surface area contributed by atoms with E-state index in [4.69, 9.17) is 9.97 Å². The lowest BCUT2D eigenvalue weighted by molar-refractivity contribution is -0.136. The fourth-order valence-electron chi connectivity index (χ4n) is 4.86. The van der Waals surface area contributed by atoms with Gasteiger partial charge >= 0.3 is 0 Å². The molecule has 3 aromatic rings. The van der Waals surface area contributed by atoms with Crippen LogP contribution in [0, 0.1) is 11.7 Å². The normalized spacial score (nSPS) is 17.4. The molecule has 1 aromatic heterocycles. The maximum absolute atomic E-state index is 13.2. The summed E-state index contributed by atoms with van der Waals surface area (Å²) in [6, 6.07) is 14.4. The smallest absolute Gasteiger partial charge is 0.228 e. The van der Waals surface area contributed by atoms with Gasteiger partial charge in [0.1, 0.15) is 11.6 Å². The van der Waals surface area contributed by atoms with Gasteiger partial charge in [-0.25, -0.2) is 9.37 Å². The van der Waals surface area contributed by atoms with Crippen molar-refractivity contribution < 1.29 is 9.18 Å². The van der Waals surface area contributed by atoms with Crippen LogP contribution in [-0.4, -0.2) is 47.0 Å². The molecule has 2 fully saturated rings. The van der Waals surface area contributed by atoms with E-state index in [0.717, 1.165) is 48.2 Å². The van der Waals surface area contributed by atoms with Crippen LogP contribution in [0.3, 0.4) is 0 Å². The molecule has 2 aromatic carbocycles. The molecule has 172 valence electrons. The largest absolute Gasteiger partial charge is 0.365 e. The first-order valence-electron chi connectivity index (χ1n) is 12.0. The summed E-state index contributed by atoms with van der Waals surface area (Å²) in [5, 5.41) is 4.36. The number of piperazine rings is 1. The van der Waals surface area contributed by atoms with Crippen molar-refractivity contribution in [2.24, 2.45) is 5.92 Å². The number of carbonyl (C=O) groups excluding carboxylic acids is 1. The molecular formula is C26H30FN5O. The molecule has 5 rings (SSSR count). The monoisotopic (exact) mass is 447 g/mol. The number of anilines is 2. The fraction of sp³-hybridized carbons (Fsp3) is 0.423. The number of aromatic nitrogens is 2. The first-order valence-corrected chi connectivity index (χ1v) is 12.0. The van der Waals surface area contributed by atoms with Gasteiger partial charge in [0.25, 0.3) is 0 Å². The maximum Gasteiger partial charge on any atom is 0.228 e. The van der Waals surface area contributed by atoms with Crippen LogP contribution in [0.15, 0.2) is 48.5 Å². The van der Waals surface area contributed by atoms with Crippen LogP contribution >= 0.6 is 0 Å². The first-order chi connectivity index (χ1) is 16.2. The Bertz CT molecular complexity index is 1110. The molecule has 1 N–H and O–H groups in total. The molecule has 7 heteroatoms. The Morgan fingerprint density at radius 3 is 2.42 bits per heavy atom. The summed E-state index contributed by atoms with van der Waals surface area (Å²) in [7, 11) is 0. The van der Waals surface area contributed by atoms with Crippen LogP contribution in [0.5, 0.6) is 0 Å². The molecule has 0 radical (unpaired) electrons. The van der Waals surface area contributed by atoms with E-state index in [0.29, 0.717) is 31.5 Å². The number of halogens is 1. The number of hydrogen-bond donors (Lipinski definition) is 1. The van der Waals surface area contributed by atoms with Gasteiger partial charge in [0.05, 0.1) is 5.52 Å². The third-order valence-electron chi connectivity index (χ3n) is 6.79. The molecule has 0 atom stereocenters. The number of carbonyl (C=O) groups is 1. The number of nitrogens with one attached hydrogen (secondary N) is 1. The zero-order valence-electron chi connectivity index (χ0n) is 18.8. The second kappa shape index (κ2) is 9.73. The van der Waals surface area contributed by atoms with Crippen LogP contribution in [-0.2, 0) is 11.3 Å². The standard InChI is InChI=1S/C26H30FN5O/c27-21-12-10-19(11-13-21)18-28-24-22-8-4-5-9-23(22)29-26(30-24)32-16-14-31(15-17-32)25(33)20-6-2-1-3-7-20/h4-5,8-13,20H,1-3,6-7,14-18H2,(H,28,29,30). The maximum atomic E-state index is 13.2. The molecule has 33 heavy (non-hydrogen) atoms. The minimum atomic E-state index is -0.241. The van der Waals surface area contributed by atoms with Gasteiger partial charge in [-0.15, -0.1) is 0 Å². The topological polar surface area (TPSA) is 61.4 Å². The van der Waals surface area contributed by atoms with E-state index in [1.54, 1.807) is 12.1 Å². The minimum Gasteiger partial charge on any atom is -0.365 e. The van der Waals surface area contributed by atoms with E-state index >= 15 is 0 Å². The Kier molecular flexibility index (Phi) is 6.37. The molecule has 2 aliphatic rings. The van der Waals surface area contributed by atoms with Crippen molar-refractivity contribution in [2.45, 2.75) is 38.6 Å². The zero-order chi connectivity index (χ0) is 22.6. The highest BCUT2D eigenvalue weighted by Gasteiger charge is 2.29. The molecular weight excluding hydrogens is 417 g/mol. The summed E-state index contributed by atoms with van der Waals surface area (Å²) < 4.78 is 13.2. The Morgan fingerprint density at radius 2 is 1.67 bits per heavy atom. The van der Waals surface area contributed by atoms with Gasteiger partial charge in [0, 0.05) is 44.0 Å². The number of amides is 1. The van der Waals surface area contributed by atoms with E-state index in [-0.39, 0.29) is 11.7 Å². The minimum absolute atomic E-state index is 0.212. The zero-order valence-corrected chi connectivity index (χ0v) is 18.8. The van der Waals surface area contributed by atoms with Crippen molar-refractivity contribution in [1.82, 2.24) is 14.9 Å². The number of rotatable bonds is 5. The summed E-state index contributed by atoms with van der Waals surface area (Å²) >= 11 is 0. The predicted molar refractivity (Wildman–Crippen MR) is 129 cm³/mol. The van der Waals surface area contributed by atoms with Gasteiger partial charge in [0.15, 0.2) is 0 Å². The van der Waals surface area contributed by atoms with Crippen LogP contribution in [0.25, 0.3) is 10.9 Å². The highest BCUT2D eigenvalue weighted by molar-refractivity contribution is 5.90. The first kappa shape index (κ1) is 21.6. The van der Waals surface area contributed by atoms with Crippen LogP contribution in [0.4, 0.5) is 16.2 Å². The second-order valence-electron chi connectivity index (χ2n) is 9.02. The molecule has 2 heterocycles. The van der Waals surface area contributed by atoms with Gasteiger partial charge in [-0.1, -0.05) is 43.5 Å². The molecule has 1 amide bonds. The van der Waals surface area contributed by atoms with Crippen molar-refractivity contribution in [3.05, 3.63) is 59.9 Å². The SMILES string of the molecule is O=C(C1CCCCC1)N1CCN(c2nc(NCc3ccc(F)cc3)c3ccccc3n2)CC1. The lowest BCUT2D eigenvalue weighted by Crippen LogP contribution is -2.51. The number of nitrogens with zero attached hydrogens (tertiary/aromatic N) is 4. The summed E-state index contributed by atoms with van der Waals surface area (Å²) in [6.07, 6.45) is 5.68. The predicted octanol–water partition coefficient (Wildman–Crippen LogP) is 4.61. The third kappa shape index (κ3) is 4.92. The number of hydrogen-bond acceptors (Lipinski definition) is 5. The second-order valence-corrected chi connectivity index (χ2v) is 9.02. The average Bonchev–Trinajstić information content (AvgIpc) is 2.88. The van der Waals surface area contributed by atoms with E-state index in [2.05, 4.69) is 10.2 Å². The van der Waals surface area contributed by atoms with Crippen molar-refractivity contribution in [1.29, 1.82) is 0 Å². The summed E-state index contributed by atoms with van der Waals surface area (Å²) in [6.45, 7) is 3.43. The quantitative estimate of drug-likeness (QED) is 0.619. The van der Waals surface area contributed by atoms with E-state index in [1.165, 1.54) is 31.4 Å². The molecule has 0 unspecified atom stereocenters. The van der Waals surface area contributed by atoms with Gasteiger partial charge in [-0.3, -0.25) is 4.79 Å². The lowest BCUT2D eigenvalue weighted by atomic mass is 9.88. The Balaban J connectivity index is 1.30. The highest BCUT2D eigenvalue weighted by atomic mass is 19.1. The lowest BCUT2D eigenvalue weighted by Gasteiger charge is -2.37. The fourth-order valence-corrected chi connectivity index (χ4v) is 4.86. The summed E-state index contributed by atoms with van der Waals surface area (Å²) in [4.78, 5) is 26.8. The van der Waals surface area contributed by atoms with Gasteiger partial charge in [-0.05, 0) is 42.7 Å². The third-order valence-corrected chi connectivity index (χ3v) is 6.79. The molecule has 1 aliphatic carbocycles. The molecule has 0 spiro atoms. The number of fused-ring (bicyclic) bond motifs is 1.